The third-order valence-electron chi connectivity index (χ3n) is 3.20. The van der Waals surface area contributed by atoms with E-state index in [9.17, 15) is 22.0 Å². The van der Waals surface area contributed by atoms with Gasteiger partial charge in [-0.15, -0.1) is 5.10 Å². The topological polar surface area (TPSA) is 62.7 Å². The number of nitrogens with one attached hydrogen (secondary N) is 2. The third kappa shape index (κ3) is 4.21. The van der Waals surface area contributed by atoms with Crippen molar-refractivity contribution in [1.29, 1.82) is 0 Å². The lowest BCUT2D eigenvalue weighted by Crippen LogP contribution is -2.06. The maximum atomic E-state index is 13.2. The molecule has 0 spiro atoms. The highest BCUT2D eigenvalue weighted by Crippen LogP contribution is 2.31. The number of anilines is 4. The van der Waals surface area contributed by atoms with Gasteiger partial charge in [0, 0.05) is 17.4 Å². The van der Waals surface area contributed by atoms with Crippen LogP contribution < -0.4 is 10.6 Å². The van der Waals surface area contributed by atoms with Crippen LogP contribution in [0.25, 0.3) is 0 Å². The van der Waals surface area contributed by atoms with E-state index in [4.69, 9.17) is 0 Å². The Kier molecular flexibility index (Phi) is 4.65. The molecule has 2 aromatic carbocycles. The molecule has 5 nitrogen and oxygen atoms in total. The molecule has 0 aliphatic carbocycles. The molecule has 3 rings (SSSR count). The van der Waals surface area contributed by atoms with Crippen molar-refractivity contribution in [1.82, 2.24) is 15.2 Å². The molecule has 0 aliphatic heterocycles. The maximum Gasteiger partial charge on any atom is 0.416 e. The minimum atomic E-state index is -4.47. The number of hydrogen-bond acceptors (Lipinski definition) is 5. The fraction of sp³-hybridized carbons (Fsp3) is 0.0625. The van der Waals surface area contributed by atoms with Crippen molar-refractivity contribution < 1.29 is 22.0 Å². The first-order valence-electron chi connectivity index (χ1n) is 7.17. The van der Waals surface area contributed by atoms with Crippen LogP contribution in [-0.2, 0) is 6.18 Å². The van der Waals surface area contributed by atoms with E-state index in [1.54, 1.807) is 0 Å². The molecule has 0 saturated heterocycles. The Balaban J connectivity index is 1.78. The SMILES string of the molecule is Fc1ccc(Nc2nncc(Nc3cccc(C(F)(F)F)c3)n2)cc1F. The molecular formula is C16H10F5N5. The lowest BCUT2D eigenvalue weighted by atomic mass is 10.2. The van der Waals surface area contributed by atoms with Gasteiger partial charge in [-0.1, -0.05) is 6.07 Å². The van der Waals surface area contributed by atoms with Gasteiger partial charge in [-0.05, 0) is 30.3 Å². The van der Waals surface area contributed by atoms with Crippen LogP contribution in [0.4, 0.5) is 45.1 Å². The molecule has 0 radical (unpaired) electrons. The Morgan fingerprint density at radius 3 is 2.35 bits per heavy atom. The van der Waals surface area contributed by atoms with E-state index in [0.29, 0.717) is 0 Å². The Hall–Kier alpha value is -3.30. The standard InChI is InChI=1S/C16H10F5N5/c17-12-5-4-11(7-13(12)18)24-15-25-14(8-22-26-15)23-10-3-1-2-9(6-10)16(19,20)21/h1-8H,(H2,23,24,25,26). The smallest absolute Gasteiger partial charge is 0.339 e. The van der Waals surface area contributed by atoms with Crippen molar-refractivity contribution in [3.8, 4) is 0 Å². The third-order valence-corrected chi connectivity index (χ3v) is 3.20. The molecule has 0 unspecified atom stereocenters. The average molecular weight is 367 g/mol. The van der Waals surface area contributed by atoms with E-state index in [2.05, 4.69) is 25.8 Å². The average Bonchev–Trinajstić information content (AvgIpc) is 2.58. The summed E-state index contributed by atoms with van der Waals surface area (Å²) in [6, 6.07) is 7.65. The molecule has 26 heavy (non-hydrogen) atoms. The second-order valence-electron chi connectivity index (χ2n) is 5.12. The first-order valence-corrected chi connectivity index (χ1v) is 7.17. The van der Waals surface area contributed by atoms with E-state index < -0.39 is 23.4 Å². The fourth-order valence-electron chi connectivity index (χ4n) is 2.04. The fourth-order valence-corrected chi connectivity index (χ4v) is 2.04. The Labute approximate surface area is 143 Å². The highest BCUT2D eigenvalue weighted by molar-refractivity contribution is 5.59. The quantitative estimate of drug-likeness (QED) is 0.657. The van der Waals surface area contributed by atoms with Crippen LogP contribution in [-0.4, -0.2) is 15.2 Å². The summed E-state index contributed by atoms with van der Waals surface area (Å²) in [4.78, 5) is 4.01. The minimum Gasteiger partial charge on any atom is -0.339 e. The van der Waals surface area contributed by atoms with E-state index >= 15 is 0 Å². The summed E-state index contributed by atoms with van der Waals surface area (Å²) < 4.78 is 64.4. The zero-order chi connectivity index (χ0) is 18.7. The van der Waals surface area contributed by atoms with Gasteiger partial charge in [0.2, 0.25) is 5.95 Å². The molecule has 10 heteroatoms. The summed E-state index contributed by atoms with van der Waals surface area (Å²) in [5.41, 5.74) is -0.481. The van der Waals surface area contributed by atoms with Gasteiger partial charge in [-0.25, -0.2) is 8.78 Å². The summed E-state index contributed by atoms with van der Waals surface area (Å²) in [6.45, 7) is 0. The number of benzene rings is 2. The summed E-state index contributed by atoms with van der Waals surface area (Å²) in [5, 5.41) is 12.6. The van der Waals surface area contributed by atoms with E-state index in [-0.39, 0.29) is 23.1 Å². The van der Waals surface area contributed by atoms with Crippen LogP contribution >= 0.6 is 0 Å². The van der Waals surface area contributed by atoms with Gasteiger partial charge in [-0.2, -0.15) is 23.3 Å². The normalized spacial score (nSPS) is 11.3. The molecule has 0 saturated carbocycles. The van der Waals surface area contributed by atoms with Gasteiger partial charge >= 0.3 is 6.18 Å². The van der Waals surface area contributed by atoms with Gasteiger partial charge in [0.1, 0.15) is 0 Å². The van der Waals surface area contributed by atoms with E-state index in [1.807, 2.05) is 0 Å². The highest BCUT2D eigenvalue weighted by Gasteiger charge is 2.30. The lowest BCUT2D eigenvalue weighted by Gasteiger charge is -2.10. The molecule has 0 aliphatic rings. The second-order valence-corrected chi connectivity index (χ2v) is 5.12. The van der Waals surface area contributed by atoms with Crippen LogP contribution in [0.5, 0.6) is 0 Å². The zero-order valence-electron chi connectivity index (χ0n) is 12.9. The molecule has 0 fully saturated rings. The number of aromatic nitrogens is 3. The van der Waals surface area contributed by atoms with Crippen LogP contribution in [0.3, 0.4) is 0 Å². The first-order chi connectivity index (χ1) is 12.3. The van der Waals surface area contributed by atoms with Gasteiger partial charge in [0.25, 0.3) is 0 Å². The summed E-state index contributed by atoms with van der Waals surface area (Å²) in [5.74, 6) is -1.99. The Morgan fingerprint density at radius 2 is 1.62 bits per heavy atom. The number of hydrogen-bond donors (Lipinski definition) is 2. The predicted octanol–water partition coefficient (Wildman–Crippen LogP) is 4.66. The predicted molar refractivity (Wildman–Crippen MR) is 84.2 cm³/mol. The summed E-state index contributed by atoms with van der Waals surface area (Å²) in [6.07, 6.45) is -3.27. The van der Waals surface area contributed by atoms with Gasteiger partial charge in [0.05, 0.1) is 11.8 Å². The van der Waals surface area contributed by atoms with Crippen molar-refractivity contribution in [2.75, 3.05) is 10.6 Å². The van der Waals surface area contributed by atoms with Gasteiger partial charge in [0.15, 0.2) is 17.5 Å². The van der Waals surface area contributed by atoms with Crippen molar-refractivity contribution in [3.63, 3.8) is 0 Å². The largest absolute Gasteiger partial charge is 0.416 e. The van der Waals surface area contributed by atoms with Crippen LogP contribution in [0.1, 0.15) is 5.56 Å². The molecule has 0 atom stereocenters. The molecular weight excluding hydrogens is 357 g/mol. The Bertz CT molecular complexity index is 929. The molecule has 1 aromatic heterocycles. The molecule has 1 heterocycles. The van der Waals surface area contributed by atoms with Gasteiger partial charge < -0.3 is 10.6 Å². The van der Waals surface area contributed by atoms with Crippen LogP contribution in [0.15, 0.2) is 48.7 Å². The van der Waals surface area contributed by atoms with Gasteiger partial charge in [-0.3, -0.25) is 0 Å². The molecule has 3 aromatic rings. The van der Waals surface area contributed by atoms with Crippen LogP contribution in [0, 0.1) is 11.6 Å². The van der Waals surface area contributed by atoms with E-state index in [0.717, 1.165) is 24.3 Å². The molecule has 0 bridgehead atoms. The first kappa shape index (κ1) is 17.5. The Morgan fingerprint density at radius 1 is 0.846 bits per heavy atom. The monoisotopic (exact) mass is 367 g/mol. The summed E-state index contributed by atoms with van der Waals surface area (Å²) >= 11 is 0. The van der Waals surface area contributed by atoms with Crippen molar-refractivity contribution in [3.05, 3.63) is 65.9 Å². The maximum absolute atomic E-state index is 13.2. The number of alkyl halides is 3. The number of nitrogens with zero attached hydrogens (tertiary/aromatic N) is 3. The van der Waals surface area contributed by atoms with E-state index in [1.165, 1.54) is 24.4 Å². The molecule has 0 amide bonds. The molecule has 134 valence electrons. The number of halogens is 5. The summed E-state index contributed by atoms with van der Waals surface area (Å²) in [7, 11) is 0. The zero-order valence-corrected chi connectivity index (χ0v) is 12.9. The second kappa shape index (κ2) is 6.90. The van der Waals surface area contributed by atoms with Crippen molar-refractivity contribution in [2.24, 2.45) is 0 Å². The highest BCUT2D eigenvalue weighted by atomic mass is 19.4. The number of rotatable bonds is 4. The van der Waals surface area contributed by atoms with Crippen molar-refractivity contribution >= 4 is 23.1 Å². The molecule has 2 N–H and O–H groups in total. The van der Waals surface area contributed by atoms with Crippen molar-refractivity contribution in [2.45, 2.75) is 6.18 Å². The minimum absolute atomic E-state index is 0.0482. The van der Waals surface area contributed by atoms with Crippen LogP contribution in [0.2, 0.25) is 0 Å². The lowest BCUT2D eigenvalue weighted by molar-refractivity contribution is -0.137.